The molecule has 1 rings (SSSR count). The van der Waals surface area contributed by atoms with Crippen molar-refractivity contribution in [3.8, 4) is 0 Å². The molecule has 0 saturated heterocycles. The Morgan fingerprint density at radius 2 is 2.33 bits per heavy atom. The van der Waals surface area contributed by atoms with Gasteiger partial charge in [-0.05, 0) is 18.4 Å². The van der Waals surface area contributed by atoms with Crippen LogP contribution in [0, 0.1) is 5.41 Å². The third-order valence-electron chi connectivity index (χ3n) is 2.89. The van der Waals surface area contributed by atoms with Crippen LogP contribution >= 0.6 is 0 Å². The highest BCUT2D eigenvalue weighted by molar-refractivity contribution is 5.08. The van der Waals surface area contributed by atoms with Crippen LogP contribution in [0.2, 0.25) is 0 Å². The van der Waals surface area contributed by atoms with Crippen molar-refractivity contribution in [2.75, 3.05) is 13.2 Å². The lowest BCUT2D eigenvalue weighted by Crippen LogP contribution is -2.36. The fourth-order valence-electron chi connectivity index (χ4n) is 1.99. The zero-order valence-electron chi connectivity index (χ0n) is 9.61. The van der Waals surface area contributed by atoms with Crippen LogP contribution in [-0.4, -0.2) is 28.0 Å². The Balaban J connectivity index is 2.73. The molecule has 1 atom stereocenters. The molecule has 86 valence electrons. The van der Waals surface area contributed by atoms with Gasteiger partial charge in [0.2, 0.25) is 0 Å². The van der Waals surface area contributed by atoms with Gasteiger partial charge in [0.1, 0.15) is 0 Å². The zero-order valence-corrected chi connectivity index (χ0v) is 9.61. The van der Waals surface area contributed by atoms with Gasteiger partial charge < -0.3 is 10.8 Å². The second-order valence-electron chi connectivity index (χ2n) is 4.31. The quantitative estimate of drug-likeness (QED) is 0.728. The van der Waals surface area contributed by atoms with Crippen LogP contribution in [-0.2, 0) is 13.5 Å². The van der Waals surface area contributed by atoms with E-state index in [4.69, 9.17) is 5.73 Å². The zero-order chi connectivity index (χ0) is 11.3. The lowest BCUT2D eigenvalue weighted by molar-refractivity contribution is 0.121. The van der Waals surface area contributed by atoms with Gasteiger partial charge in [-0.25, -0.2) is 0 Å². The van der Waals surface area contributed by atoms with Crippen LogP contribution in [0.1, 0.15) is 25.3 Å². The highest BCUT2D eigenvalue weighted by Crippen LogP contribution is 2.26. The second kappa shape index (κ2) is 5.28. The summed E-state index contributed by atoms with van der Waals surface area (Å²) < 4.78 is 1.78. The number of aliphatic hydroxyl groups excluding tert-OH is 1. The summed E-state index contributed by atoms with van der Waals surface area (Å²) in [6.07, 6.45) is 6.63. The molecule has 1 heterocycles. The highest BCUT2D eigenvalue weighted by Gasteiger charge is 2.27. The summed E-state index contributed by atoms with van der Waals surface area (Å²) in [5, 5.41) is 13.6. The molecule has 1 aromatic heterocycles. The van der Waals surface area contributed by atoms with Crippen molar-refractivity contribution in [2.45, 2.75) is 26.2 Å². The minimum Gasteiger partial charge on any atom is -0.396 e. The lowest BCUT2D eigenvalue weighted by Gasteiger charge is -2.29. The van der Waals surface area contributed by atoms with Crippen molar-refractivity contribution in [2.24, 2.45) is 18.2 Å². The van der Waals surface area contributed by atoms with Crippen molar-refractivity contribution in [1.29, 1.82) is 0 Å². The topological polar surface area (TPSA) is 64.1 Å². The van der Waals surface area contributed by atoms with Gasteiger partial charge >= 0.3 is 0 Å². The average Bonchev–Trinajstić information content (AvgIpc) is 2.63. The average molecular weight is 211 g/mol. The number of aryl methyl sites for hydroxylation is 1. The molecular formula is C11H21N3O. The molecule has 4 nitrogen and oxygen atoms in total. The van der Waals surface area contributed by atoms with E-state index in [0.717, 1.165) is 24.8 Å². The molecule has 0 aromatic carbocycles. The van der Waals surface area contributed by atoms with Gasteiger partial charge in [-0.3, -0.25) is 4.68 Å². The molecule has 0 aliphatic rings. The van der Waals surface area contributed by atoms with Gasteiger partial charge in [0, 0.05) is 25.2 Å². The van der Waals surface area contributed by atoms with E-state index >= 15 is 0 Å². The first-order valence-corrected chi connectivity index (χ1v) is 5.44. The van der Waals surface area contributed by atoms with Gasteiger partial charge in [-0.15, -0.1) is 0 Å². The number of rotatable bonds is 6. The molecule has 4 heteroatoms. The van der Waals surface area contributed by atoms with E-state index in [1.54, 1.807) is 4.68 Å². The number of nitrogens with zero attached hydrogens (tertiary/aromatic N) is 2. The summed E-state index contributed by atoms with van der Waals surface area (Å²) >= 11 is 0. The van der Waals surface area contributed by atoms with E-state index in [9.17, 15) is 5.11 Å². The number of aromatic nitrogens is 2. The maximum absolute atomic E-state index is 9.47. The first kappa shape index (κ1) is 12.2. The van der Waals surface area contributed by atoms with Crippen molar-refractivity contribution in [3.05, 3.63) is 18.0 Å². The fourth-order valence-corrected chi connectivity index (χ4v) is 1.99. The Hall–Kier alpha value is -0.870. The molecule has 0 amide bonds. The van der Waals surface area contributed by atoms with Crippen molar-refractivity contribution < 1.29 is 5.11 Å². The lowest BCUT2D eigenvalue weighted by atomic mass is 9.79. The fraction of sp³-hybridized carbons (Fsp3) is 0.727. The summed E-state index contributed by atoms with van der Waals surface area (Å²) in [6, 6.07) is 0. The molecule has 0 aliphatic carbocycles. The minimum atomic E-state index is -0.169. The van der Waals surface area contributed by atoms with Crippen LogP contribution < -0.4 is 5.73 Å². The maximum Gasteiger partial charge on any atom is 0.0521 e. The molecule has 0 saturated carbocycles. The van der Waals surface area contributed by atoms with Gasteiger partial charge in [0.25, 0.3) is 0 Å². The summed E-state index contributed by atoms with van der Waals surface area (Å²) in [5.41, 5.74) is 6.75. The van der Waals surface area contributed by atoms with Crippen molar-refractivity contribution in [3.63, 3.8) is 0 Å². The Labute approximate surface area is 91.1 Å². The Bertz CT molecular complexity index is 292. The molecule has 1 unspecified atom stereocenters. The number of hydrogen-bond acceptors (Lipinski definition) is 3. The number of hydrogen-bond donors (Lipinski definition) is 2. The van der Waals surface area contributed by atoms with Crippen molar-refractivity contribution in [1.82, 2.24) is 9.78 Å². The molecule has 0 spiro atoms. The number of nitrogens with two attached hydrogens (primary N) is 1. The largest absolute Gasteiger partial charge is 0.396 e. The molecule has 0 aliphatic heterocycles. The van der Waals surface area contributed by atoms with E-state index in [1.165, 1.54) is 0 Å². The van der Waals surface area contributed by atoms with Gasteiger partial charge in [0.15, 0.2) is 0 Å². The molecule has 1 aromatic rings. The summed E-state index contributed by atoms with van der Waals surface area (Å²) in [7, 11) is 1.90. The number of aliphatic hydroxyl groups is 1. The van der Waals surface area contributed by atoms with E-state index in [1.807, 2.05) is 19.4 Å². The van der Waals surface area contributed by atoms with E-state index in [2.05, 4.69) is 12.0 Å². The maximum atomic E-state index is 9.47. The third kappa shape index (κ3) is 3.04. The Kier molecular flexibility index (Phi) is 4.29. The summed E-state index contributed by atoms with van der Waals surface area (Å²) in [4.78, 5) is 0. The van der Waals surface area contributed by atoms with Crippen LogP contribution in [0.25, 0.3) is 0 Å². The molecule has 15 heavy (non-hydrogen) atoms. The minimum absolute atomic E-state index is 0.145. The molecule has 0 fully saturated rings. The Morgan fingerprint density at radius 3 is 2.73 bits per heavy atom. The normalized spacial score (nSPS) is 15.2. The van der Waals surface area contributed by atoms with Gasteiger partial charge in [-0.2, -0.15) is 5.10 Å². The monoisotopic (exact) mass is 211 g/mol. The van der Waals surface area contributed by atoms with Crippen LogP contribution in [0.15, 0.2) is 12.4 Å². The standard InChI is InChI=1S/C11H21N3O/c1-3-4-11(8-12,9-15)5-10-6-13-14(2)7-10/h6-7,15H,3-5,8-9,12H2,1-2H3. The van der Waals surface area contributed by atoms with E-state index in [0.29, 0.717) is 6.54 Å². The highest BCUT2D eigenvalue weighted by atomic mass is 16.3. The SMILES string of the molecule is CCCC(CN)(CO)Cc1cnn(C)c1. The summed E-state index contributed by atoms with van der Waals surface area (Å²) in [6.45, 7) is 2.78. The smallest absolute Gasteiger partial charge is 0.0521 e. The first-order chi connectivity index (χ1) is 7.15. The van der Waals surface area contributed by atoms with Crippen LogP contribution in [0.4, 0.5) is 0 Å². The predicted octanol–water partition coefficient (Wildman–Crippen LogP) is 0.700. The van der Waals surface area contributed by atoms with Crippen LogP contribution in [0.3, 0.4) is 0 Å². The summed E-state index contributed by atoms with van der Waals surface area (Å²) in [5.74, 6) is 0. The molecular weight excluding hydrogens is 190 g/mol. The molecule has 0 radical (unpaired) electrons. The Morgan fingerprint density at radius 1 is 1.60 bits per heavy atom. The third-order valence-corrected chi connectivity index (χ3v) is 2.89. The van der Waals surface area contributed by atoms with Gasteiger partial charge in [-0.1, -0.05) is 13.3 Å². The second-order valence-corrected chi connectivity index (χ2v) is 4.31. The van der Waals surface area contributed by atoms with Crippen molar-refractivity contribution >= 4 is 0 Å². The first-order valence-electron chi connectivity index (χ1n) is 5.44. The van der Waals surface area contributed by atoms with E-state index < -0.39 is 0 Å². The van der Waals surface area contributed by atoms with Crippen LogP contribution in [0.5, 0.6) is 0 Å². The molecule has 0 bridgehead atoms. The molecule has 3 N–H and O–H groups in total. The van der Waals surface area contributed by atoms with E-state index in [-0.39, 0.29) is 12.0 Å². The predicted molar refractivity (Wildman–Crippen MR) is 60.4 cm³/mol. The van der Waals surface area contributed by atoms with Gasteiger partial charge in [0.05, 0.1) is 12.8 Å².